The van der Waals surface area contributed by atoms with Gasteiger partial charge in [-0.3, -0.25) is 0 Å². The van der Waals surface area contributed by atoms with E-state index < -0.39 is 15.1 Å². The number of aliphatic hydroxyl groups is 1. The minimum absolute atomic E-state index is 0.134. The first-order valence-electron chi connectivity index (χ1n) is 8.04. The zero-order valence-electron chi connectivity index (χ0n) is 14.0. The minimum Gasteiger partial charge on any atom is -0.395 e. The molecule has 0 spiro atoms. The maximum absolute atomic E-state index is 13.0. The van der Waals surface area contributed by atoms with Gasteiger partial charge >= 0.3 is 0 Å². The molecule has 0 aromatic heterocycles. The summed E-state index contributed by atoms with van der Waals surface area (Å²) in [4.78, 5) is 1.39. The molecule has 0 heterocycles. The van der Waals surface area contributed by atoms with Crippen molar-refractivity contribution in [2.45, 2.75) is 28.9 Å². The molecule has 2 rings (SSSR count). The van der Waals surface area contributed by atoms with Gasteiger partial charge in [0.05, 0.1) is 16.8 Å². The standard InChI is InChI=1S/C19H24O3S2/c1-15(2)18(14-23-16-9-5-3-6-10-16)19(13-20)24(21,22)17-11-7-4-8-12-17/h3-12,15,18-20H,13-14H2,1-2H3/t18-,19-/m0/s1. The Balaban J connectivity index is 2.23. The summed E-state index contributed by atoms with van der Waals surface area (Å²) in [5.41, 5.74) is 0. The maximum atomic E-state index is 13.0. The molecule has 0 amide bonds. The van der Waals surface area contributed by atoms with Gasteiger partial charge in [0.1, 0.15) is 0 Å². The fraction of sp³-hybridized carbons (Fsp3) is 0.368. The van der Waals surface area contributed by atoms with Gasteiger partial charge in [-0.05, 0) is 36.1 Å². The second kappa shape index (κ2) is 8.70. The third-order valence-electron chi connectivity index (χ3n) is 4.17. The van der Waals surface area contributed by atoms with E-state index in [4.69, 9.17) is 0 Å². The quantitative estimate of drug-likeness (QED) is 0.722. The van der Waals surface area contributed by atoms with Crippen LogP contribution in [-0.4, -0.2) is 31.1 Å². The summed E-state index contributed by atoms with van der Waals surface area (Å²) >= 11 is 1.64. The summed E-state index contributed by atoms with van der Waals surface area (Å²) in [6, 6.07) is 18.3. The van der Waals surface area contributed by atoms with Gasteiger partial charge in [-0.1, -0.05) is 50.2 Å². The van der Waals surface area contributed by atoms with Crippen LogP contribution in [0.3, 0.4) is 0 Å². The van der Waals surface area contributed by atoms with Gasteiger partial charge in [-0.25, -0.2) is 8.42 Å². The van der Waals surface area contributed by atoms with Crippen molar-refractivity contribution < 1.29 is 13.5 Å². The Kier molecular flexibility index (Phi) is 6.90. The van der Waals surface area contributed by atoms with Gasteiger partial charge < -0.3 is 5.11 Å². The molecule has 0 unspecified atom stereocenters. The fourth-order valence-electron chi connectivity index (χ4n) is 2.69. The normalized spacial score (nSPS) is 14.5. The van der Waals surface area contributed by atoms with Crippen molar-refractivity contribution in [3.8, 4) is 0 Å². The van der Waals surface area contributed by atoms with Crippen molar-refractivity contribution in [1.82, 2.24) is 0 Å². The van der Waals surface area contributed by atoms with Gasteiger partial charge in [0.2, 0.25) is 0 Å². The molecule has 0 saturated carbocycles. The minimum atomic E-state index is -3.56. The van der Waals surface area contributed by atoms with E-state index in [1.54, 1.807) is 42.1 Å². The molecule has 0 fully saturated rings. The van der Waals surface area contributed by atoms with Crippen molar-refractivity contribution in [1.29, 1.82) is 0 Å². The van der Waals surface area contributed by atoms with E-state index in [0.29, 0.717) is 5.75 Å². The first-order chi connectivity index (χ1) is 11.5. The Morgan fingerprint density at radius 3 is 2.00 bits per heavy atom. The summed E-state index contributed by atoms with van der Waals surface area (Å²) in [6.45, 7) is 3.66. The van der Waals surface area contributed by atoms with Crippen LogP contribution in [0.1, 0.15) is 13.8 Å². The van der Waals surface area contributed by atoms with E-state index in [0.717, 1.165) is 4.90 Å². The Morgan fingerprint density at radius 1 is 0.958 bits per heavy atom. The third kappa shape index (κ3) is 4.62. The van der Waals surface area contributed by atoms with Gasteiger partial charge in [0, 0.05) is 10.6 Å². The highest BCUT2D eigenvalue weighted by molar-refractivity contribution is 7.99. The van der Waals surface area contributed by atoms with Gasteiger partial charge in [0.25, 0.3) is 0 Å². The van der Waals surface area contributed by atoms with Crippen LogP contribution in [-0.2, 0) is 9.84 Å². The van der Waals surface area contributed by atoms with Gasteiger partial charge in [0.15, 0.2) is 9.84 Å². The number of aliphatic hydroxyl groups excluding tert-OH is 1. The number of thioether (sulfide) groups is 1. The van der Waals surface area contributed by atoms with Crippen LogP contribution in [0.15, 0.2) is 70.5 Å². The Bertz CT molecular complexity index is 713. The van der Waals surface area contributed by atoms with Crippen LogP contribution in [0.5, 0.6) is 0 Å². The van der Waals surface area contributed by atoms with Crippen LogP contribution in [0.2, 0.25) is 0 Å². The highest BCUT2D eigenvalue weighted by Gasteiger charge is 2.35. The van der Waals surface area contributed by atoms with Crippen LogP contribution in [0.4, 0.5) is 0 Å². The SMILES string of the molecule is CC(C)[C@H](CSc1ccccc1)[C@H](CO)S(=O)(=O)c1ccccc1. The van der Waals surface area contributed by atoms with E-state index in [-0.39, 0.29) is 23.3 Å². The Hall–Kier alpha value is -1.30. The van der Waals surface area contributed by atoms with E-state index >= 15 is 0 Å². The second-order valence-corrected chi connectivity index (χ2v) is 9.37. The number of sulfone groups is 1. The molecule has 5 heteroatoms. The largest absolute Gasteiger partial charge is 0.395 e. The molecule has 0 aliphatic carbocycles. The number of benzene rings is 2. The topological polar surface area (TPSA) is 54.4 Å². The molecule has 2 atom stereocenters. The first kappa shape index (κ1) is 19.0. The highest BCUT2D eigenvalue weighted by atomic mass is 32.2. The lowest BCUT2D eigenvalue weighted by atomic mass is 9.94. The van der Waals surface area contributed by atoms with Crippen LogP contribution >= 0.6 is 11.8 Å². The third-order valence-corrected chi connectivity index (χ3v) is 7.55. The summed E-state index contributed by atoms with van der Waals surface area (Å²) in [5, 5.41) is 9.06. The van der Waals surface area contributed by atoms with Crippen LogP contribution < -0.4 is 0 Å². The smallest absolute Gasteiger partial charge is 0.183 e. The van der Waals surface area contributed by atoms with Crippen LogP contribution in [0.25, 0.3) is 0 Å². The molecule has 0 aliphatic rings. The van der Waals surface area contributed by atoms with E-state index in [1.807, 2.05) is 44.2 Å². The van der Waals surface area contributed by atoms with E-state index in [2.05, 4.69) is 0 Å². The monoisotopic (exact) mass is 364 g/mol. The molecule has 3 nitrogen and oxygen atoms in total. The van der Waals surface area contributed by atoms with Crippen molar-refractivity contribution in [2.75, 3.05) is 12.4 Å². The fourth-order valence-corrected chi connectivity index (χ4v) is 6.11. The average molecular weight is 365 g/mol. The Morgan fingerprint density at radius 2 is 1.50 bits per heavy atom. The lowest BCUT2D eigenvalue weighted by molar-refractivity contribution is 0.245. The van der Waals surface area contributed by atoms with Gasteiger partial charge in [-0.15, -0.1) is 11.8 Å². The lowest BCUT2D eigenvalue weighted by Gasteiger charge is -2.28. The van der Waals surface area contributed by atoms with Crippen LogP contribution in [0, 0.1) is 11.8 Å². The molecule has 2 aromatic carbocycles. The lowest BCUT2D eigenvalue weighted by Crippen LogP contribution is -2.37. The molecule has 130 valence electrons. The second-order valence-electron chi connectivity index (χ2n) is 6.11. The summed E-state index contributed by atoms with van der Waals surface area (Å²) in [7, 11) is -3.56. The van der Waals surface area contributed by atoms with E-state index in [1.165, 1.54) is 0 Å². The molecular formula is C19H24O3S2. The number of hydrogen-bond donors (Lipinski definition) is 1. The Labute approximate surface area is 149 Å². The summed E-state index contributed by atoms with van der Waals surface area (Å²) < 4.78 is 25.9. The number of hydrogen-bond acceptors (Lipinski definition) is 4. The average Bonchev–Trinajstić information content (AvgIpc) is 2.59. The van der Waals surface area contributed by atoms with Crippen molar-refractivity contribution in [3.63, 3.8) is 0 Å². The zero-order chi connectivity index (χ0) is 17.6. The predicted molar refractivity (Wildman–Crippen MR) is 100.0 cm³/mol. The number of rotatable bonds is 8. The zero-order valence-corrected chi connectivity index (χ0v) is 15.6. The highest BCUT2D eigenvalue weighted by Crippen LogP contribution is 2.31. The molecule has 0 radical (unpaired) electrons. The van der Waals surface area contributed by atoms with Crippen molar-refractivity contribution in [2.24, 2.45) is 11.8 Å². The molecule has 1 N–H and O–H groups in total. The first-order valence-corrected chi connectivity index (χ1v) is 10.6. The molecule has 24 heavy (non-hydrogen) atoms. The predicted octanol–water partition coefficient (Wildman–Crippen LogP) is 3.89. The molecular weight excluding hydrogens is 340 g/mol. The van der Waals surface area contributed by atoms with E-state index in [9.17, 15) is 13.5 Å². The van der Waals surface area contributed by atoms with Crippen molar-refractivity contribution in [3.05, 3.63) is 60.7 Å². The molecule has 0 aliphatic heterocycles. The molecule has 0 bridgehead atoms. The van der Waals surface area contributed by atoms with Crippen molar-refractivity contribution >= 4 is 21.6 Å². The van der Waals surface area contributed by atoms with Gasteiger partial charge in [-0.2, -0.15) is 0 Å². The maximum Gasteiger partial charge on any atom is 0.183 e. The summed E-state index contributed by atoms with van der Waals surface area (Å²) in [6.07, 6.45) is 0. The molecule has 0 saturated heterocycles. The summed E-state index contributed by atoms with van der Waals surface area (Å²) in [5.74, 6) is 0.668. The molecule has 2 aromatic rings.